The summed E-state index contributed by atoms with van der Waals surface area (Å²) >= 11 is 0. The molecule has 146 valence electrons. The fourth-order valence-electron chi connectivity index (χ4n) is 3.24. The lowest BCUT2D eigenvalue weighted by Crippen LogP contribution is -2.22. The van der Waals surface area contributed by atoms with Gasteiger partial charge < -0.3 is 4.74 Å². The van der Waals surface area contributed by atoms with Crippen molar-refractivity contribution in [3.8, 4) is 22.6 Å². The lowest BCUT2D eigenvalue weighted by atomic mass is 10.0. The molecule has 4 rings (SSSR count). The average molecular weight is 386 g/mol. The summed E-state index contributed by atoms with van der Waals surface area (Å²) in [5, 5.41) is 7.75. The van der Waals surface area contributed by atoms with Crippen molar-refractivity contribution in [2.75, 3.05) is 0 Å². The molecule has 0 spiro atoms. The number of hydrogen-bond donors (Lipinski definition) is 0. The van der Waals surface area contributed by atoms with Crippen LogP contribution in [0.1, 0.15) is 24.2 Å². The largest absolute Gasteiger partial charge is 0.483 e. The summed E-state index contributed by atoms with van der Waals surface area (Å²) in [5.74, 6) is 0.620. The Hall–Kier alpha value is -3.67. The van der Waals surface area contributed by atoms with E-state index in [0.29, 0.717) is 11.4 Å². The molecule has 0 fully saturated rings. The van der Waals surface area contributed by atoms with E-state index in [0.717, 1.165) is 16.7 Å². The molecule has 0 aliphatic carbocycles. The highest BCUT2D eigenvalue weighted by Gasteiger charge is 2.17. The topological polar surface area (TPSA) is 61.9 Å². The summed E-state index contributed by atoms with van der Waals surface area (Å²) in [6, 6.07) is 24.2. The van der Waals surface area contributed by atoms with Crippen LogP contribution in [0, 0.1) is 6.92 Å². The molecule has 0 bridgehead atoms. The van der Waals surface area contributed by atoms with Gasteiger partial charge in [0.25, 0.3) is 0 Å². The number of tetrazole rings is 1. The predicted molar refractivity (Wildman–Crippen MR) is 112 cm³/mol. The zero-order valence-corrected chi connectivity index (χ0v) is 16.6. The molecule has 6 nitrogen and oxygen atoms in total. The quantitative estimate of drug-likeness (QED) is 0.518. The Morgan fingerprint density at radius 2 is 1.55 bits per heavy atom. The van der Waals surface area contributed by atoms with Gasteiger partial charge in [-0.25, -0.2) is 4.79 Å². The standard InChI is InChI=1S/C23H22N4O2/c1-16-8-7-11-21(27-23(28)26(3)24-25-27)22(16)29-17(2)18-12-14-20(15-13-18)19-9-5-4-6-10-19/h4-15,17H,1-3H3. The van der Waals surface area contributed by atoms with Gasteiger partial charge in [-0.2, -0.15) is 9.36 Å². The van der Waals surface area contributed by atoms with Crippen LogP contribution in [0.4, 0.5) is 0 Å². The Labute approximate surface area is 169 Å². The van der Waals surface area contributed by atoms with Crippen LogP contribution in [0.2, 0.25) is 0 Å². The average Bonchev–Trinajstić information content (AvgIpc) is 3.08. The van der Waals surface area contributed by atoms with Gasteiger partial charge in [0.1, 0.15) is 17.5 Å². The molecule has 0 amide bonds. The van der Waals surface area contributed by atoms with Gasteiger partial charge in [0.2, 0.25) is 0 Å². The van der Waals surface area contributed by atoms with Gasteiger partial charge in [-0.15, -0.1) is 0 Å². The van der Waals surface area contributed by atoms with Crippen molar-refractivity contribution in [3.05, 3.63) is 94.4 Å². The number of benzene rings is 3. The number of nitrogens with zero attached hydrogens (tertiary/aromatic N) is 4. The number of rotatable bonds is 5. The summed E-state index contributed by atoms with van der Waals surface area (Å²) in [4.78, 5) is 12.3. The van der Waals surface area contributed by atoms with E-state index in [1.165, 1.54) is 14.9 Å². The molecule has 0 radical (unpaired) electrons. The maximum absolute atomic E-state index is 12.3. The molecule has 1 unspecified atom stereocenters. The van der Waals surface area contributed by atoms with E-state index in [2.05, 4.69) is 46.8 Å². The highest BCUT2D eigenvalue weighted by molar-refractivity contribution is 5.63. The number of ether oxygens (including phenoxy) is 1. The first-order valence-corrected chi connectivity index (χ1v) is 9.45. The number of para-hydroxylation sites is 1. The second-order valence-electron chi connectivity index (χ2n) is 6.97. The van der Waals surface area contributed by atoms with Crippen LogP contribution in [0.3, 0.4) is 0 Å². The minimum Gasteiger partial charge on any atom is -0.483 e. The molecule has 0 saturated heterocycles. The maximum Gasteiger partial charge on any atom is 0.368 e. The number of aryl methyl sites for hydroxylation is 2. The van der Waals surface area contributed by atoms with Crippen molar-refractivity contribution in [2.24, 2.45) is 7.05 Å². The first-order valence-electron chi connectivity index (χ1n) is 9.45. The van der Waals surface area contributed by atoms with Crippen LogP contribution >= 0.6 is 0 Å². The monoisotopic (exact) mass is 386 g/mol. The number of aromatic nitrogens is 4. The van der Waals surface area contributed by atoms with Crippen molar-refractivity contribution in [1.82, 2.24) is 19.8 Å². The zero-order chi connectivity index (χ0) is 20.4. The third kappa shape index (κ3) is 3.69. The second-order valence-corrected chi connectivity index (χ2v) is 6.97. The fraction of sp³-hybridized carbons (Fsp3) is 0.174. The highest BCUT2D eigenvalue weighted by atomic mass is 16.5. The van der Waals surface area contributed by atoms with Crippen LogP contribution in [-0.2, 0) is 7.05 Å². The van der Waals surface area contributed by atoms with E-state index in [9.17, 15) is 4.79 Å². The minimum atomic E-state index is -0.319. The van der Waals surface area contributed by atoms with Crippen LogP contribution in [0.15, 0.2) is 77.6 Å². The maximum atomic E-state index is 12.3. The second kappa shape index (κ2) is 7.75. The molecule has 3 aromatic carbocycles. The third-order valence-corrected chi connectivity index (χ3v) is 4.92. The summed E-state index contributed by atoms with van der Waals surface area (Å²) < 4.78 is 8.74. The predicted octanol–water partition coefficient (Wildman–Crippen LogP) is 4.08. The van der Waals surface area contributed by atoms with Crippen molar-refractivity contribution in [1.29, 1.82) is 0 Å². The van der Waals surface area contributed by atoms with Crippen LogP contribution < -0.4 is 10.4 Å². The molecule has 29 heavy (non-hydrogen) atoms. The smallest absolute Gasteiger partial charge is 0.368 e. The molecule has 6 heteroatoms. The Morgan fingerprint density at radius 3 is 2.21 bits per heavy atom. The molecule has 1 aromatic heterocycles. The fourth-order valence-corrected chi connectivity index (χ4v) is 3.24. The molecular weight excluding hydrogens is 364 g/mol. The van der Waals surface area contributed by atoms with Gasteiger partial charge in [-0.1, -0.05) is 66.7 Å². The Kier molecular flexibility index (Phi) is 4.99. The van der Waals surface area contributed by atoms with E-state index in [-0.39, 0.29) is 11.8 Å². The highest BCUT2D eigenvalue weighted by Crippen LogP contribution is 2.31. The lowest BCUT2D eigenvalue weighted by molar-refractivity contribution is 0.224. The minimum absolute atomic E-state index is 0.202. The SMILES string of the molecule is Cc1cccc(-n2nnn(C)c2=O)c1OC(C)c1ccc(-c2ccccc2)cc1. The van der Waals surface area contributed by atoms with Gasteiger partial charge in [0.15, 0.2) is 0 Å². The van der Waals surface area contributed by atoms with Gasteiger partial charge in [0.05, 0.1) is 0 Å². The Balaban J connectivity index is 1.63. The molecule has 4 aromatic rings. The molecule has 0 aliphatic rings. The van der Waals surface area contributed by atoms with E-state index in [1.54, 1.807) is 7.05 Å². The molecular formula is C23H22N4O2. The van der Waals surface area contributed by atoms with Crippen molar-refractivity contribution in [2.45, 2.75) is 20.0 Å². The normalized spacial score (nSPS) is 12.0. The molecule has 0 aliphatic heterocycles. The first kappa shape index (κ1) is 18.7. The zero-order valence-electron chi connectivity index (χ0n) is 16.6. The van der Waals surface area contributed by atoms with Gasteiger partial charge in [0, 0.05) is 7.05 Å². The van der Waals surface area contributed by atoms with Crippen molar-refractivity contribution >= 4 is 0 Å². The van der Waals surface area contributed by atoms with Gasteiger partial charge >= 0.3 is 5.69 Å². The van der Waals surface area contributed by atoms with Crippen molar-refractivity contribution < 1.29 is 4.74 Å². The van der Waals surface area contributed by atoms with E-state index in [1.807, 2.05) is 50.2 Å². The lowest BCUT2D eigenvalue weighted by Gasteiger charge is -2.19. The van der Waals surface area contributed by atoms with E-state index >= 15 is 0 Å². The van der Waals surface area contributed by atoms with E-state index < -0.39 is 0 Å². The van der Waals surface area contributed by atoms with Crippen LogP contribution in [0.5, 0.6) is 5.75 Å². The summed E-state index contributed by atoms with van der Waals surface area (Å²) in [5.41, 5.74) is 4.56. The third-order valence-electron chi connectivity index (χ3n) is 4.92. The Morgan fingerprint density at radius 1 is 0.862 bits per heavy atom. The molecule has 1 atom stereocenters. The van der Waals surface area contributed by atoms with E-state index in [4.69, 9.17) is 4.74 Å². The van der Waals surface area contributed by atoms with Crippen molar-refractivity contribution in [3.63, 3.8) is 0 Å². The molecule has 0 N–H and O–H groups in total. The summed E-state index contributed by atoms with van der Waals surface area (Å²) in [6.07, 6.45) is -0.202. The van der Waals surface area contributed by atoms with Crippen LogP contribution in [0.25, 0.3) is 16.8 Å². The first-order chi connectivity index (χ1) is 14.0. The molecule has 0 saturated carbocycles. The van der Waals surface area contributed by atoms with Gasteiger partial charge in [-0.3, -0.25) is 0 Å². The Bertz CT molecular complexity index is 1180. The summed E-state index contributed by atoms with van der Waals surface area (Å²) in [7, 11) is 1.57. The summed E-state index contributed by atoms with van der Waals surface area (Å²) in [6.45, 7) is 3.94. The van der Waals surface area contributed by atoms with Crippen LogP contribution in [-0.4, -0.2) is 19.8 Å². The number of hydrogen-bond acceptors (Lipinski definition) is 4. The molecule has 1 heterocycles. The van der Waals surface area contributed by atoms with Gasteiger partial charge in [-0.05, 0) is 52.6 Å².